The number of aliphatic hydroxyl groups is 1. The van der Waals surface area contributed by atoms with E-state index in [4.69, 9.17) is 9.84 Å². The molecule has 1 saturated carbocycles. The van der Waals surface area contributed by atoms with Gasteiger partial charge < -0.3 is 9.84 Å². The topological polar surface area (TPSA) is 49.8 Å². The highest BCUT2D eigenvalue weighted by molar-refractivity contribution is 5.83. The van der Waals surface area contributed by atoms with Crippen LogP contribution >= 0.6 is 0 Å². The molecule has 0 amide bonds. The molecule has 0 aromatic heterocycles. The molecule has 2 atom stereocenters. The zero-order valence-electron chi connectivity index (χ0n) is 11.4. The smallest absolute Gasteiger partial charge is 0.136 e. The van der Waals surface area contributed by atoms with Crippen LogP contribution in [-0.4, -0.2) is 29.2 Å². The minimum atomic E-state index is -0.289. The van der Waals surface area contributed by atoms with Gasteiger partial charge in [-0.2, -0.15) is 0 Å². The fraction of sp³-hybridized carbons (Fsp3) is 0.800. The van der Waals surface area contributed by atoms with Crippen molar-refractivity contribution in [2.75, 3.05) is 6.61 Å². The van der Waals surface area contributed by atoms with E-state index in [1.54, 1.807) is 0 Å². The zero-order valence-corrected chi connectivity index (χ0v) is 11.4. The number of rotatable bonds is 8. The van der Waals surface area contributed by atoms with Gasteiger partial charge in [-0.05, 0) is 46.0 Å². The Hall–Kier alpha value is -0.670. The summed E-state index contributed by atoms with van der Waals surface area (Å²) in [7, 11) is 0. The lowest BCUT2D eigenvalue weighted by atomic mass is 10.0. The first-order valence-corrected chi connectivity index (χ1v) is 7.02. The van der Waals surface area contributed by atoms with E-state index in [1.807, 2.05) is 6.92 Å². The Bertz CT molecular complexity index is 344. The fourth-order valence-electron chi connectivity index (χ4n) is 2.33. The van der Waals surface area contributed by atoms with Crippen LogP contribution in [0.5, 0.6) is 0 Å². The Kier molecular flexibility index (Phi) is 4.23. The van der Waals surface area contributed by atoms with Crippen molar-refractivity contribution >= 4 is 5.78 Å². The van der Waals surface area contributed by atoms with E-state index in [9.17, 15) is 4.79 Å². The van der Waals surface area contributed by atoms with E-state index < -0.39 is 0 Å². The van der Waals surface area contributed by atoms with Crippen molar-refractivity contribution in [1.29, 1.82) is 0 Å². The van der Waals surface area contributed by atoms with Crippen molar-refractivity contribution in [3.8, 4) is 0 Å². The Morgan fingerprint density at radius 3 is 2.72 bits per heavy atom. The Morgan fingerprint density at radius 1 is 1.44 bits per heavy atom. The number of epoxide rings is 1. The van der Waals surface area contributed by atoms with Crippen molar-refractivity contribution in [2.45, 2.75) is 64.1 Å². The second-order valence-electron chi connectivity index (χ2n) is 5.95. The van der Waals surface area contributed by atoms with Gasteiger partial charge in [-0.1, -0.05) is 11.6 Å². The molecule has 3 heteroatoms. The molecule has 1 aliphatic carbocycles. The lowest BCUT2D eigenvalue weighted by Gasteiger charge is -2.02. The molecule has 0 aromatic carbocycles. The predicted molar refractivity (Wildman–Crippen MR) is 70.3 cm³/mol. The molecule has 2 rings (SSSR count). The van der Waals surface area contributed by atoms with Crippen molar-refractivity contribution in [1.82, 2.24) is 0 Å². The van der Waals surface area contributed by atoms with Crippen molar-refractivity contribution in [3.05, 3.63) is 11.6 Å². The molecule has 0 unspecified atom stereocenters. The van der Waals surface area contributed by atoms with Crippen molar-refractivity contribution in [2.24, 2.45) is 5.92 Å². The summed E-state index contributed by atoms with van der Waals surface area (Å²) in [6, 6.07) is 0. The highest BCUT2D eigenvalue weighted by Crippen LogP contribution is 2.39. The standard InChI is InChI=1S/C15H24O3/c1-11(4-3-5-13(17)12-7-8-12)6-9-14-15(2,10-16)18-14/h4,12,14,16H,3,5-10H2,1-2H3/b11-4+/t14-,15+/m1/s1. The minimum Gasteiger partial charge on any atom is -0.393 e. The van der Waals surface area contributed by atoms with Gasteiger partial charge in [0.05, 0.1) is 12.7 Å². The number of carbonyl (C=O) groups excluding carboxylic acids is 1. The van der Waals surface area contributed by atoms with E-state index >= 15 is 0 Å². The van der Waals surface area contributed by atoms with Gasteiger partial charge in [-0.3, -0.25) is 4.79 Å². The molecule has 3 nitrogen and oxygen atoms in total. The van der Waals surface area contributed by atoms with Crippen molar-refractivity contribution in [3.63, 3.8) is 0 Å². The van der Waals surface area contributed by atoms with Crippen LogP contribution in [0.3, 0.4) is 0 Å². The SMILES string of the molecule is C/C(=C\CCC(=O)C1CC1)CC[C@H]1O[C@@]1(C)CO. The molecular weight excluding hydrogens is 228 g/mol. The van der Waals surface area contributed by atoms with Gasteiger partial charge in [0.2, 0.25) is 0 Å². The number of Topliss-reactive ketones (excluding diaryl/α,β-unsaturated/α-hetero) is 1. The summed E-state index contributed by atoms with van der Waals surface area (Å²) in [5.41, 5.74) is 1.04. The van der Waals surface area contributed by atoms with Crippen molar-refractivity contribution < 1.29 is 14.6 Å². The first-order chi connectivity index (χ1) is 8.55. The van der Waals surface area contributed by atoms with Gasteiger partial charge in [0, 0.05) is 12.3 Å². The molecule has 2 aliphatic rings. The minimum absolute atomic E-state index is 0.107. The molecule has 1 N–H and O–H groups in total. The molecule has 1 heterocycles. The summed E-state index contributed by atoms with van der Waals surface area (Å²) in [5.74, 6) is 0.835. The molecule has 1 saturated heterocycles. The molecule has 2 fully saturated rings. The van der Waals surface area contributed by atoms with Gasteiger partial charge in [0.15, 0.2) is 0 Å². The maximum Gasteiger partial charge on any atom is 0.136 e. The first-order valence-electron chi connectivity index (χ1n) is 7.02. The van der Waals surface area contributed by atoms with Crippen LogP contribution in [0, 0.1) is 5.92 Å². The molecule has 0 aromatic rings. The highest BCUT2D eigenvalue weighted by Gasteiger charge is 2.50. The molecule has 102 valence electrons. The van der Waals surface area contributed by atoms with Crippen LogP contribution in [0.25, 0.3) is 0 Å². The quantitative estimate of drug-likeness (QED) is 0.533. The maximum absolute atomic E-state index is 11.5. The van der Waals surface area contributed by atoms with E-state index in [1.165, 1.54) is 5.57 Å². The lowest BCUT2D eigenvalue weighted by molar-refractivity contribution is -0.120. The van der Waals surface area contributed by atoms with Crippen LogP contribution in [0.1, 0.15) is 52.4 Å². The van der Waals surface area contributed by atoms with E-state index in [-0.39, 0.29) is 18.3 Å². The zero-order chi connectivity index (χ0) is 13.2. The number of ether oxygens (including phenoxy) is 1. The van der Waals surface area contributed by atoms with Gasteiger partial charge in [0.25, 0.3) is 0 Å². The Balaban J connectivity index is 1.59. The molecule has 0 bridgehead atoms. The normalized spacial score (nSPS) is 31.5. The van der Waals surface area contributed by atoms with Crippen LogP contribution in [0.2, 0.25) is 0 Å². The van der Waals surface area contributed by atoms with Gasteiger partial charge in [-0.15, -0.1) is 0 Å². The molecule has 18 heavy (non-hydrogen) atoms. The largest absolute Gasteiger partial charge is 0.393 e. The third kappa shape index (κ3) is 3.66. The number of allylic oxidation sites excluding steroid dienone is 2. The van der Waals surface area contributed by atoms with E-state index in [0.29, 0.717) is 18.1 Å². The third-order valence-corrected chi connectivity index (χ3v) is 4.07. The molecule has 0 spiro atoms. The molecule has 1 aliphatic heterocycles. The average Bonchev–Trinajstić information content (AvgIpc) is 3.22. The monoisotopic (exact) mass is 252 g/mol. The van der Waals surface area contributed by atoms with Gasteiger partial charge >= 0.3 is 0 Å². The first kappa shape index (κ1) is 13.8. The van der Waals surface area contributed by atoms with Gasteiger partial charge in [-0.25, -0.2) is 0 Å². The van der Waals surface area contributed by atoms with Crippen LogP contribution < -0.4 is 0 Å². The number of carbonyl (C=O) groups is 1. The number of hydrogen-bond acceptors (Lipinski definition) is 3. The summed E-state index contributed by atoms with van der Waals surface area (Å²) < 4.78 is 5.46. The predicted octanol–water partition coefficient (Wildman–Crippen LogP) is 2.62. The van der Waals surface area contributed by atoms with Crippen LogP contribution in [0.15, 0.2) is 11.6 Å². The number of ketones is 1. The Labute approximate surface area is 109 Å². The van der Waals surface area contributed by atoms with Crippen LogP contribution in [-0.2, 0) is 9.53 Å². The highest BCUT2D eigenvalue weighted by atomic mass is 16.6. The summed E-state index contributed by atoms with van der Waals surface area (Å²) in [6.07, 6.45) is 8.16. The average molecular weight is 252 g/mol. The van der Waals surface area contributed by atoms with E-state index in [2.05, 4.69) is 13.0 Å². The molecular formula is C15H24O3. The Morgan fingerprint density at radius 2 is 2.17 bits per heavy atom. The van der Waals surface area contributed by atoms with Gasteiger partial charge in [0.1, 0.15) is 11.4 Å². The number of aliphatic hydroxyl groups excluding tert-OH is 1. The second-order valence-corrected chi connectivity index (χ2v) is 5.95. The number of hydrogen-bond donors (Lipinski definition) is 1. The third-order valence-electron chi connectivity index (χ3n) is 4.07. The molecule has 0 radical (unpaired) electrons. The van der Waals surface area contributed by atoms with Crippen LogP contribution in [0.4, 0.5) is 0 Å². The van der Waals surface area contributed by atoms with E-state index in [0.717, 1.165) is 32.1 Å². The summed E-state index contributed by atoms with van der Waals surface area (Å²) >= 11 is 0. The maximum atomic E-state index is 11.5. The fourth-order valence-corrected chi connectivity index (χ4v) is 2.33. The second kappa shape index (κ2) is 5.54. The summed E-state index contributed by atoms with van der Waals surface area (Å²) in [6.45, 7) is 4.17. The summed E-state index contributed by atoms with van der Waals surface area (Å²) in [5, 5.41) is 9.08. The summed E-state index contributed by atoms with van der Waals surface area (Å²) in [4.78, 5) is 11.5. The lowest BCUT2D eigenvalue weighted by Crippen LogP contribution is -2.15.